The van der Waals surface area contributed by atoms with Gasteiger partial charge in [-0.15, -0.1) is 0 Å². The van der Waals surface area contributed by atoms with Crippen molar-refractivity contribution in [1.29, 1.82) is 0 Å². The summed E-state index contributed by atoms with van der Waals surface area (Å²) in [5.41, 5.74) is 3.02. The molecule has 136 valence electrons. The van der Waals surface area contributed by atoms with E-state index in [9.17, 15) is 4.79 Å². The number of amides is 1. The van der Waals surface area contributed by atoms with E-state index in [1.165, 1.54) is 0 Å². The van der Waals surface area contributed by atoms with Gasteiger partial charge in [-0.3, -0.25) is 4.79 Å². The first-order valence-corrected chi connectivity index (χ1v) is 8.53. The number of anilines is 1. The predicted molar refractivity (Wildman–Crippen MR) is 100 cm³/mol. The Morgan fingerprint density at radius 2 is 1.96 bits per heavy atom. The number of hydrogen-bond donors (Lipinski definition) is 1. The highest BCUT2D eigenvalue weighted by Crippen LogP contribution is 2.30. The summed E-state index contributed by atoms with van der Waals surface area (Å²) < 4.78 is 11.0. The molecule has 0 bridgehead atoms. The Hall–Kier alpha value is -2.73. The van der Waals surface area contributed by atoms with Gasteiger partial charge in [-0.2, -0.15) is 0 Å². The summed E-state index contributed by atoms with van der Waals surface area (Å²) in [6, 6.07) is 10.8. The van der Waals surface area contributed by atoms with E-state index in [2.05, 4.69) is 10.5 Å². The summed E-state index contributed by atoms with van der Waals surface area (Å²) >= 11 is 6.04. The van der Waals surface area contributed by atoms with Crippen molar-refractivity contribution in [2.75, 3.05) is 25.1 Å². The number of hydrogen-bond acceptors (Lipinski definition) is 5. The van der Waals surface area contributed by atoms with Crippen molar-refractivity contribution in [2.45, 2.75) is 13.8 Å². The highest BCUT2D eigenvalue weighted by atomic mass is 35.5. The normalized spacial score (nSPS) is 13.3. The van der Waals surface area contributed by atoms with E-state index >= 15 is 0 Å². The second kappa shape index (κ2) is 8.10. The van der Waals surface area contributed by atoms with Gasteiger partial charge in [0.2, 0.25) is 0 Å². The Kier molecular flexibility index (Phi) is 5.63. The van der Waals surface area contributed by atoms with Crippen molar-refractivity contribution < 1.29 is 19.1 Å². The summed E-state index contributed by atoms with van der Waals surface area (Å²) in [5.74, 6) is 1.07. The maximum absolute atomic E-state index is 11.9. The molecule has 0 spiro atoms. The van der Waals surface area contributed by atoms with Crippen molar-refractivity contribution in [3.05, 3.63) is 52.5 Å². The van der Waals surface area contributed by atoms with Gasteiger partial charge in [0.05, 0.1) is 5.71 Å². The van der Waals surface area contributed by atoms with Crippen molar-refractivity contribution in [2.24, 2.45) is 5.16 Å². The summed E-state index contributed by atoms with van der Waals surface area (Å²) in [4.78, 5) is 17.1. The molecule has 7 heteroatoms. The highest BCUT2D eigenvalue weighted by molar-refractivity contribution is 6.31. The summed E-state index contributed by atoms with van der Waals surface area (Å²) in [7, 11) is 0. The van der Waals surface area contributed by atoms with E-state index in [0.717, 1.165) is 11.1 Å². The van der Waals surface area contributed by atoms with Crippen LogP contribution >= 0.6 is 11.6 Å². The number of halogens is 1. The quantitative estimate of drug-likeness (QED) is 0.638. The number of carbonyl (C=O) groups is 1. The van der Waals surface area contributed by atoms with Crippen LogP contribution in [0.2, 0.25) is 5.02 Å². The smallest absolute Gasteiger partial charge is 0.265 e. The Morgan fingerprint density at radius 1 is 1.19 bits per heavy atom. The zero-order chi connectivity index (χ0) is 18.5. The van der Waals surface area contributed by atoms with E-state index < -0.39 is 0 Å². The summed E-state index contributed by atoms with van der Waals surface area (Å²) in [6.07, 6.45) is 0. The van der Waals surface area contributed by atoms with Crippen LogP contribution in [0, 0.1) is 6.92 Å². The standard InChI is InChI=1S/C19H19ClN2O4/c1-12-3-5-15(10-16(12)20)21-19(23)11-26-22-13(2)14-4-6-17-18(9-14)25-8-7-24-17/h3-6,9-10H,7-8,11H2,1-2H3,(H,21,23)/b22-13-. The number of fused-ring (bicyclic) bond motifs is 1. The van der Waals surface area contributed by atoms with Crippen molar-refractivity contribution >= 4 is 28.9 Å². The van der Waals surface area contributed by atoms with Crippen molar-refractivity contribution in [1.82, 2.24) is 0 Å². The van der Waals surface area contributed by atoms with Gasteiger partial charge in [-0.05, 0) is 49.7 Å². The summed E-state index contributed by atoms with van der Waals surface area (Å²) in [6.45, 7) is 4.55. The molecule has 0 atom stereocenters. The number of nitrogens with one attached hydrogen (secondary N) is 1. The number of ether oxygens (including phenoxy) is 2. The van der Waals surface area contributed by atoms with E-state index in [1.807, 2.05) is 31.2 Å². The number of benzene rings is 2. The number of carbonyl (C=O) groups excluding carboxylic acids is 1. The molecule has 26 heavy (non-hydrogen) atoms. The Balaban J connectivity index is 1.55. The Bertz CT molecular complexity index is 851. The minimum Gasteiger partial charge on any atom is -0.486 e. The van der Waals surface area contributed by atoms with Crippen LogP contribution in [-0.2, 0) is 9.63 Å². The lowest BCUT2D eigenvalue weighted by molar-refractivity contribution is -0.120. The molecule has 0 saturated heterocycles. The topological polar surface area (TPSA) is 69.2 Å². The van der Waals surface area contributed by atoms with Crippen LogP contribution < -0.4 is 14.8 Å². The third kappa shape index (κ3) is 4.46. The zero-order valence-electron chi connectivity index (χ0n) is 14.5. The van der Waals surface area contributed by atoms with Gasteiger partial charge in [-0.25, -0.2) is 0 Å². The molecule has 1 heterocycles. The number of nitrogens with zero attached hydrogens (tertiary/aromatic N) is 1. The molecule has 1 amide bonds. The number of aryl methyl sites for hydroxylation is 1. The lowest BCUT2D eigenvalue weighted by atomic mass is 10.1. The third-order valence-corrected chi connectivity index (χ3v) is 4.22. The Morgan fingerprint density at radius 3 is 2.73 bits per heavy atom. The fraction of sp³-hybridized carbons (Fsp3) is 0.263. The van der Waals surface area contributed by atoms with Crippen LogP contribution in [0.3, 0.4) is 0 Å². The van der Waals surface area contributed by atoms with E-state index in [0.29, 0.717) is 41.1 Å². The lowest BCUT2D eigenvalue weighted by Gasteiger charge is -2.18. The van der Waals surface area contributed by atoms with Crippen LogP contribution in [0.15, 0.2) is 41.6 Å². The monoisotopic (exact) mass is 374 g/mol. The second-order valence-electron chi connectivity index (χ2n) is 5.82. The molecule has 2 aromatic rings. The minimum atomic E-state index is -0.316. The van der Waals surface area contributed by atoms with Crippen LogP contribution in [0.5, 0.6) is 11.5 Å². The maximum Gasteiger partial charge on any atom is 0.265 e. The van der Waals surface area contributed by atoms with E-state index in [-0.39, 0.29) is 12.5 Å². The third-order valence-electron chi connectivity index (χ3n) is 3.81. The van der Waals surface area contributed by atoms with Crippen LogP contribution in [-0.4, -0.2) is 31.4 Å². The number of rotatable bonds is 5. The van der Waals surface area contributed by atoms with Crippen molar-refractivity contribution in [3.8, 4) is 11.5 Å². The molecule has 1 aliphatic rings. The van der Waals surface area contributed by atoms with Gasteiger partial charge >= 0.3 is 0 Å². The van der Waals surface area contributed by atoms with E-state index in [1.54, 1.807) is 19.1 Å². The largest absolute Gasteiger partial charge is 0.486 e. The molecule has 0 fully saturated rings. The second-order valence-corrected chi connectivity index (χ2v) is 6.23. The molecule has 0 saturated carbocycles. The van der Waals surface area contributed by atoms with Crippen LogP contribution in [0.4, 0.5) is 5.69 Å². The molecule has 6 nitrogen and oxygen atoms in total. The SMILES string of the molecule is C/C(=N/OCC(=O)Nc1ccc(C)c(Cl)c1)c1ccc2c(c1)OCCO2. The highest BCUT2D eigenvalue weighted by Gasteiger charge is 2.13. The molecule has 3 rings (SSSR count). The zero-order valence-corrected chi connectivity index (χ0v) is 15.3. The first kappa shape index (κ1) is 18.1. The predicted octanol–water partition coefficient (Wildman–Crippen LogP) is 3.80. The van der Waals surface area contributed by atoms with E-state index in [4.69, 9.17) is 25.9 Å². The molecule has 0 aromatic heterocycles. The molecule has 1 aliphatic heterocycles. The fourth-order valence-corrected chi connectivity index (χ4v) is 2.56. The van der Waals surface area contributed by atoms with Gasteiger partial charge < -0.3 is 19.6 Å². The molecule has 2 aromatic carbocycles. The molecule has 0 unspecified atom stereocenters. The summed E-state index contributed by atoms with van der Waals surface area (Å²) in [5, 5.41) is 7.29. The van der Waals surface area contributed by atoms with Gasteiger partial charge in [0, 0.05) is 16.3 Å². The molecular formula is C19H19ClN2O4. The molecule has 1 N–H and O–H groups in total. The van der Waals surface area contributed by atoms with Crippen molar-refractivity contribution in [3.63, 3.8) is 0 Å². The molecule has 0 aliphatic carbocycles. The molecular weight excluding hydrogens is 356 g/mol. The average Bonchev–Trinajstić information content (AvgIpc) is 2.64. The maximum atomic E-state index is 11.9. The number of oxime groups is 1. The van der Waals surface area contributed by atoms with Gasteiger partial charge in [0.1, 0.15) is 13.2 Å². The first-order valence-electron chi connectivity index (χ1n) is 8.15. The fourth-order valence-electron chi connectivity index (χ4n) is 2.38. The van der Waals surface area contributed by atoms with Gasteiger partial charge in [0.25, 0.3) is 5.91 Å². The van der Waals surface area contributed by atoms with Crippen LogP contribution in [0.1, 0.15) is 18.1 Å². The van der Waals surface area contributed by atoms with Crippen LogP contribution in [0.25, 0.3) is 0 Å². The molecule has 0 radical (unpaired) electrons. The van der Waals surface area contributed by atoms with Gasteiger partial charge in [-0.1, -0.05) is 22.8 Å². The Labute approximate surface area is 156 Å². The average molecular weight is 375 g/mol. The minimum absolute atomic E-state index is 0.201. The lowest BCUT2D eigenvalue weighted by Crippen LogP contribution is -2.17. The van der Waals surface area contributed by atoms with Gasteiger partial charge in [0.15, 0.2) is 18.1 Å². The first-order chi connectivity index (χ1) is 12.5.